The molecule has 3 nitrogen and oxygen atoms in total. The maximum Gasteiger partial charge on any atom is 0.193 e. The molecular weight excluding hydrogens is 246 g/mol. The Labute approximate surface area is 123 Å². The third kappa shape index (κ3) is 4.55. The van der Waals surface area contributed by atoms with Crippen LogP contribution < -0.4 is 5.32 Å². The number of aryl methyl sites for hydroxylation is 1. The molecule has 1 aromatic carbocycles. The second-order valence-corrected chi connectivity index (χ2v) is 5.76. The van der Waals surface area contributed by atoms with E-state index < -0.39 is 0 Å². The van der Waals surface area contributed by atoms with Gasteiger partial charge in [-0.05, 0) is 37.2 Å². The number of nitrogens with zero attached hydrogens (tertiary/aromatic N) is 2. The average Bonchev–Trinajstić information content (AvgIpc) is 2.48. The Balaban J connectivity index is 1.71. The van der Waals surface area contributed by atoms with Gasteiger partial charge in [0.1, 0.15) is 0 Å². The third-order valence-corrected chi connectivity index (χ3v) is 3.94. The molecule has 0 aromatic heterocycles. The van der Waals surface area contributed by atoms with Crippen LogP contribution >= 0.6 is 0 Å². The van der Waals surface area contributed by atoms with E-state index in [9.17, 15) is 0 Å². The number of piperidine rings is 1. The molecule has 20 heavy (non-hydrogen) atoms. The maximum absolute atomic E-state index is 4.42. The summed E-state index contributed by atoms with van der Waals surface area (Å²) in [5, 5.41) is 3.51. The van der Waals surface area contributed by atoms with E-state index >= 15 is 0 Å². The standard InChI is InChI=1S/C17H27N3/c1-15-8-7-13-20(14-15)17(18-2)19-12-6-11-16-9-4-3-5-10-16/h3-5,9-10,15H,6-8,11-14H2,1-2H3,(H,18,19). The number of hydrogen-bond acceptors (Lipinski definition) is 1. The maximum atomic E-state index is 4.42. The van der Waals surface area contributed by atoms with Crippen LogP contribution in [-0.4, -0.2) is 37.5 Å². The Morgan fingerprint density at radius 3 is 2.85 bits per heavy atom. The summed E-state index contributed by atoms with van der Waals surface area (Å²) in [6, 6.07) is 10.7. The van der Waals surface area contributed by atoms with Crippen molar-refractivity contribution in [1.82, 2.24) is 10.2 Å². The second-order valence-electron chi connectivity index (χ2n) is 5.76. The van der Waals surface area contributed by atoms with Crippen LogP contribution in [0.1, 0.15) is 31.7 Å². The second kappa shape index (κ2) is 7.93. The molecule has 110 valence electrons. The molecule has 1 heterocycles. The quantitative estimate of drug-likeness (QED) is 0.519. The van der Waals surface area contributed by atoms with Gasteiger partial charge in [0.25, 0.3) is 0 Å². The SMILES string of the molecule is CN=C(NCCCc1ccccc1)N1CCCC(C)C1. The van der Waals surface area contributed by atoms with E-state index in [0.717, 1.165) is 44.4 Å². The van der Waals surface area contributed by atoms with Gasteiger partial charge in [0, 0.05) is 26.7 Å². The summed E-state index contributed by atoms with van der Waals surface area (Å²) in [6.07, 6.45) is 4.90. The van der Waals surface area contributed by atoms with E-state index in [4.69, 9.17) is 0 Å². The summed E-state index contributed by atoms with van der Waals surface area (Å²) < 4.78 is 0. The minimum absolute atomic E-state index is 0.784. The average molecular weight is 273 g/mol. The third-order valence-electron chi connectivity index (χ3n) is 3.94. The number of benzene rings is 1. The molecule has 0 bridgehead atoms. The van der Waals surface area contributed by atoms with Crippen LogP contribution in [0.2, 0.25) is 0 Å². The first-order valence-electron chi connectivity index (χ1n) is 7.79. The van der Waals surface area contributed by atoms with E-state index in [2.05, 4.69) is 52.5 Å². The zero-order chi connectivity index (χ0) is 14.2. The zero-order valence-electron chi connectivity index (χ0n) is 12.8. The van der Waals surface area contributed by atoms with Crippen molar-refractivity contribution in [3.8, 4) is 0 Å². The Bertz CT molecular complexity index is 414. The molecule has 1 atom stereocenters. The Morgan fingerprint density at radius 1 is 1.35 bits per heavy atom. The van der Waals surface area contributed by atoms with Gasteiger partial charge in [0.2, 0.25) is 0 Å². The smallest absolute Gasteiger partial charge is 0.193 e. The molecule has 0 radical (unpaired) electrons. The fourth-order valence-corrected chi connectivity index (χ4v) is 2.85. The highest BCUT2D eigenvalue weighted by atomic mass is 15.3. The molecule has 1 unspecified atom stereocenters. The van der Waals surface area contributed by atoms with Crippen LogP contribution in [0.5, 0.6) is 0 Å². The van der Waals surface area contributed by atoms with E-state index in [1.165, 1.54) is 18.4 Å². The monoisotopic (exact) mass is 273 g/mol. The number of aliphatic imine (C=N–C) groups is 1. The molecule has 3 heteroatoms. The van der Waals surface area contributed by atoms with Crippen molar-refractivity contribution in [1.29, 1.82) is 0 Å². The summed E-state index contributed by atoms with van der Waals surface area (Å²) in [4.78, 5) is 6.82. The predicted octanol–water partition coefficient (Wildman–Crippen LogP) is 2.93. The Morgan fingerprint density at radius 2 is 2.15 bits per heavy atom. The fraction of sp³-hybridized carbons (Fsp3) is 0.588. The molecule has 1 aliphatic heterocycles. The zero-order valence-corrected chi connectivity index (χ0v) is 12.8. The molecule has 1 saturated heterocycles. The van der Waals surface area contributed by atoms with Gasteiger partial charge in [-0.3, -0.25) is 4.99 Å². The Kier molecular flexibility index (Phi) is 5.90. The van der Waals surface area contributed by atoms with E-state index in [1.54, 1.807) is 0 Å². The first kappa shape index (κ1) is 14.9. The van der Waals surface area contributed by atoms with Crippen molar-refractivity contribution in [2.75, 3.05) is 26.7 Å². The lowest BCUT2D eigenvalue weighted by molar-refractivity contribution is 0.266. The molecule has 1 fully saturated rings. The van der Waals surface area contributed by atoms with Crippen molar-refractivity contribution in [3.63, 3.8) is 0 Å². The molecule has 1 aliphatic rings. The molecule has 1 aromatic rings. The van der Waals surface area contributed by atoms with Gasteiger partial charge < -0.3 is 10.2 Å². The van der Waals surface area contributed by atoms with Crippen molar-refractivity contribution >= 4 is 5.96 Å². The van der Waals surface area contributed by atoms with Gasteiger partial charge in [0.05, 0.1) is 0 Å². The topological polar surface area (TPSA) is 27.6 Å². The van der Waals surface area contributed by atoms with Crippen LogP contribution in [0.25, 0.3) is 0 Å². The van der Waals surface area contributed by atoms with Gasteiger partial charge in [-0.25, -0.2) is 0 Å². The minimum atomic E-state index is 0.784. The van der Waals surface area contributed by atoms with Gasteiger partial charge >= 0.3 is 0 Å². The summed E-state index contributed by atoms with van der Waals surface area (Å²) >= 11 is 0. The predicted molar refractivity (Wildman–Crippen MR) is 86.1 cm³/mol. The van der Waals surface area contributed by atoms with Gasteiger partial charge in [-0.1, -0.05) is 37.3 Å². The molecule has 0 amide bonds. The largest absolute Gasteiger partial charge is 0.356 e. The first-order valence-corrected chi connectivity index (χ1v) is 7.79. The van der Waals surface area contributed by atoms with Crippen molar-refractivity contribution < 1.29 is 0 Å². The van der Waals surface area contributed by atoms with Gasteiger partial charge in [-0.15, -0.1) is 0 Å². The molecule has 0 aliphatic carbocycles. The molecule has 2 rings (SSSR count). The summed E-state index contributed by atoms with van der Waals surface area (Å²) in [7, 11) is 1.89. The molecule has 0 saturated carbocycles. The number of guanidine groups is 1. The fourth-order valence-electron chi connectivity index (χ4n) is 2.85. The number of likely N-dealkylation sites (tertiary alicyclic amines) is 1. The van der Waals surface area contributed by atoms with Crippen molar-refractivity contribution in [3.05, 3.63) is 35.9 Å². The summed E-state index contributed by atoms with van der Waals surface area (Å²) in [5.74, 6) is 1.86. The van der Waals surface area contributed by atoms with Crippen molar-refractivity contribution in [2.45, 2.75) is 32.6 Å². The summed E-state index contributed by atoms with van der Waals surface area (Å²) in [5.41, 5.74) is 1.41. The lowest BCUT2D eigenvalue weighted by Gasteiger charge is -2.33. The van der Waals surface area contributed by atoms with E-state index in [0.29, 0.717) is 0 Å². The van der Waals surface area contributed by atoms with Crippen molar-refractivity contribution in [2.24, 2.45) is 10.9 Å². The lowest BCUT2D eigenvalue weighted by Crippen LogP contribution is -2.46. The van der Waals surface area contributed by atoms with Crippen LogP contribution in [0.4, 0.5) is 0 Å². The minimum Gasteiger partial charge on any atom is -0.356 e. The molecule has 1 N–H and O–H groups in total. The van der Waals surface area contributed by atoms with Crippen LogP contribution in [0.3, 0.4) is 0 Å². The highest BCUT2D eigenvalue weighted by Gasteiger charge is 2.18. The normalized spacial score (nSPS) is 20.0. The van der Waals surface area contributed by atoms with Gasteiger partial charge in [0.15, 0.2) is 5.96 Å². The molecule has 0 spiro atoms. The lowest BCUT2D eigenvalue weighted by atomic mass is 10.0. The van der Waals surface area contributed by atoms with E-state index in [1.807, 2.05) is 7.05 Å². The number of hydrogen-bond donors (Lipinski definition) is 1. The first-order chi connectivity index (χ1) is 9.79. The number of nitrogens with one attached hydrogen (secondary N) is 1. The highest BCUT2D eigenvalue weighted by Crippen LogP contribution is 2.15. The van der Waals surface area contributed by atoms with Gasteiger partial charge in [-0.2, -0.15) is 0 Å². The van der Waals surface area contributed by atoms with E-state index in [-0.39, 0.29) is 0 Å². The molecular formula is C17H27N3. The summed E-state index contributed by atoms with van der Waals surface area (Å²) in [6.45, 7) is 5.60. The Hall–Kier alpha value is -1.51. The number of rotatable bonds is 4. The van der Waals surface area contributed by atoms with Crippen LogP contribution in [0, 0.1) is 5.92 Å². The van der Waals surface area contributed by atoms with Crippen LogP contribution in [0.15, 0.2) is 35.3 Å². The highest BCUT2D eigenvalue weighted by molar-refractivity contribution is 5.79. The van der Waals surface area contributed by atoms with Crippen LogP contribution in [-0.2, 0) is 6.42 Å².